The van der Waals surface area contributed by atoms with E-state index >= 15 is 0 Å². The Balaban J connectivity index is 3.83. The van der Waals surface area contributed by atoms with E-state index in [-0.39, 0.29) is 37.6 Å². The number of esters is 2. The number of carbonyl (C=O) groups is 4. The SMILES string of the molecule is CNC(CCC(C)=O)C(=O)OCCOC(=O)CCC(C)=O. The molecule has 0 aliphatic rings. The van der Waals surface area contributed by atoms with Crippen molar-refractivity contribution in [2.75, 3.05) is 20.3 Å². The van der Waals surface area contributed by atoms with Crippen LogP contribution in [-0.2, 0) is 28.7 Å². The molecule has 0 aliphatic carbocycles. The molecule has 0 saturated carbocycles. The molecule has 0 bridgehead atoms. The minimum atomic E-state index is -0.553. The lowest BCUT2D eigenvalue weighted by Crippen LogP contribution is -2.36. The van der Waals surface area contributed by atoms with Crippen LogP contribution in [0, 0.1) is 0 Å². The van der Waals surface area contributed by atoms with Gasteiger partial charge < -0.3 is 24.4 Å². The molecule has 0 aromatic carbocycles. The standard InChI is InChI=1S/C14H23NO6/c1-10(16)4-6-12(15-3)14(19)21-9-8-20-13(18)7-5-11(2)17/h12,15H,4-9H2,1-3H3. The number of likely N-dealkylation sites (N-methyl/N-ethyl adjacent to an activating group) is 1. The molecule has 0 saturated heterocycles. The lowest BCUT2D eigenvalue weighted by molar-refractivity contribution is -0.154. The van der Waals surface area contributed by atoms with Gasteiger partial charge >= 0.3 is 11.9 Å². The zero-order valence-electron chi connectivity index (χ0n) is 12.8. The first-order valence-electron chi connectivity index (χ1n) is 6.85. The van der Waals surface area contributed by atoms with Crippen LogP contribution in [-0.4, -0.2) is 49.8 Å². The van der Waals surface area contributed by atoms with E-state index in [1.54, 1.807) is 7.05 Å². The maximum Gasteiger partial charge on any atom is 0.323 e. The first kappa shape index (κ1) is 19.2. The Bertz CT molecular complexity index is 380. The van der Waals surface area contributed by atoms with Gasteiger partial charge in [0.1, 0.15) is 30.8 Å². The molecule has 21 heavy (non-hydrogen) atoms. The van der Waals surface area contributed by atoms with Gasteiger partial charge in [0.2, 0.25) is 0 Å². The summed E-state index contributed by atoms with van der Waals surface area (Å²) in [5.41, 5.74) is 0. The molecule has 0 aliphatic heterocycles. The summed E-state index contributed by atoms with van der Waals surface area (Å²) >= 11 is 0. The Kier molecular flexibility index (Phi) is 10.0. The number of ether oxygens (including phenoxy) is 2. The van der Waals surface area contributed by atoms with E-state index in [1.807, 2.05) is 0 Å². The molecule has 0 fully saturated rings. The van der Waals surface area contributed by atoms with Crippen molar-refractivity contribution >= 4 is 23.5 Å². The Morgan fingerprint density at radius 2 is 1.48 bits per heavy atom. The molecule has 0 radical (unpaired) electrons. The van der Waals surface area contributed by atoms with Crippen LogP contribution >= 0.6 is 0 Å². The number of Topliss-reactive ketones (excluding diaryl/α,β-unsaturated/α-hetero) is 2. The highest BCUT2D eigenvalue weighted by Crippen LogP contribution is 2.01. The van der Waals surface area contributed by atoms with E-state index in [1.165, 1.54) is 13.8 Å². The summed E-state index contributed by atoms with van der Waals surface area (Å²) in [7, 11) is 1.61. The van der Waals surface area contributed by atoms with Crippen molar-refractivity contribution in [3.8, 4) is 0 Å². The third-order valence-electron chi connectivity index (χ3n) is 2.69. The van der Waals surface area contributed by atoms with Crippen LogP contribution in [0.25, 0.3) is 0 Å². The summed E-state index contributed by atoms with van der Waals surface area (Å²) in [4.78, 5) is 44.4. The topological polar surface area (TPSA) is 98.8 Å². The van der Waals surface area contributed by atoms with Crippen molar-refractivity contribution < 1.29 is 28.7 Å². The zero-order chi connectivity index (χ0) is 16.3. The van der Waals surface area contributed by atoms with Gasteiger partial charge in [0, 0.05) is 12.8 Å². The third kappa shape index (κ3) is 10.7. The Morgan fingerprint density at radius 3 is 2.00 bits per heavy atom. The Morgan fingerprint density at radius 1 is 0.905 bits per heavy atom. The van der Waals surface area contributed by atoms with Gasteiger partial charge in [-0.3, -0.25) is 9.59 Å². The molecule has 7 heteroatoms. The van der Waals surface area contributed by atoms with Gasteiger partial charge in [-0.15, -0.1) is 0 Å². The molecule has 1 N–H and O–H groups in total. The van der Waals surface area contributed by atoms with Crippen molar-refractivity contribution in [2.45, 2.75) is 45.6 Å². The van der Waals surface area contributed by atoms with E-state index < -0.39 is 18.0 Å². The van der Waals surface area contributed by atoms with Gasteiger partial charge in [0.15, 0.2) is 0 Å². The first-order chi connectivity index (χ1) is 9.86. The maximum absolute atomic E-state index is 11.7. The van der Waals surface area contributed by atoms with E-state index in [2.05, 4.69) is 5.32 Å². The smallest absolute Gasteiger partial charge is 0.323 e. The van der Waals surface area contributed by atoms with Gasteiger partial charge in [-0.25, -0.2) is 0 Å². The predicted molar refractivity (Wildman–Crippen MR) is 74.6 cm³/mol. The second-order valence-corrected chi connectivity index (χ2v) is 4.67. The summed E-state index contributed by atoms with van der Waals surface area (Å²) in [5.74, 6) is -1.07. The van der Waals surface area contributed by atoms with Gasteiger partial charge in [0.05, 0.1) is 6.42 Å². The van der Waals surface area contributed by atoms with Gasteiger partial charge in [0.25, 0.3) is 0 Å². The number of hydrogen-bond donors (Lipinski definition) is 1. The average molecular weight is 301 g/mol. The third-order valence-corrected chi connectivity index (χ3v) is 2.69. The summed E-state index contributed by atoms with van der Waals surface area (Å²) in [5, 5.41) is 2.77. The molecule has 0 aromatic heterocycles. The fourth-order valence-corrected chi connectivity index (χ4v) is 1.48. The van der Waals surface area contributed by atoms with Crippen molar-refractivity contribution in [2.24, 2.45) is 0 Å². The summed E-state index contributed by atoms with van der Waals surface area (Å²) in [6, 6.07) is -0.553. The van der Waals surface area contributed by atoms with Crippen LogP contribution in [0.15, 0.2) is 0 Å². The van der Waals surface area contributed by atoms with E-state index in [0.717, 1.165) is 0 Å². The number of hydrogen-bond acceptors (Lipinski definition) is 7. The van der Waals surface area contributed by atoms with Gasteiger partial charge in [-0.2, -0.15) is 0 Å². The molecule has 0 amide bonds. The van der Waals surface area contributed by atoms with Crippen molar-refractivity contribution in [1.29, 1.82) is 0 Å². The van der Waals surface area contributed by atoms with E-state index in [9.17, 15) is 19.2 Å². The molecular formula is C14H23NO6. The number of ketones is 2. The largest absolute Gasteiger partial charge is 0.462 e. The lowest BCUT2D eigenvalue weighted by Gasteiger charge is -2.14. The second-order valence-electron chi connectivity index (χ2n) is 4.67. The van der Waals surface area contributed by atoms with Crippen molar-refractivity contribution in [3.05, 3.63) is 0 Å². The zero-order valence-corrected chi connectivity index (χ0v) is 12.8. The van der Waals surface area contributed by atoms with Crippen LogP contribution in [0.4, 0.5) is 0 Å². The Labute approximate surface area is 124 Å². The van der Waals surface area contributed by atoms with Gasteiger partial charge in [-0.1, -0.05) is 0 Å². The minimum absolute atomic E-state index is 0.00227. The number of nitrogens with one attached hydrogen (secondary N) is 1. The fourth-order valence-electron chi connectivity index (χ4n) is 1.48. The molecular weight excluding hydrogens is 278 g/mol. The summed E-state index contributed by atoms with van der Waals surface area (Å²) < 4.78 is 9.76. The number of carbonyl (C=O) groups excluding carboxylic acids is 4. The molecule has 0 rings (SSSR count). The molecule has 1 atom stereocenters. The highest BCUT2D eigenvalue weighted by atomic mass is 16.6. The van der Waals surface area contributed by atoms with Crippen LogP contribution < -0.4 is 5.32 Å². The van der Waals surface area contributed by atoms with Crippen molar-refractivity contribution in [3.63, 3.8) is 0 Å². The van der Waals surface area contributed by atoms with E-state index in [0.29, 0.717) is 12.8 Å². The Hall–Kier alpha value is -1.76. The second kappa shape index (κ2) is 11.0. The molecule has 0 aromatic rings. The summed E-state index contributed by atoms with van der Waals surface area (Å²) in [6.45, 7) is 2.75. The quantitative estimate of drug-likeness (QED) is 0.435. The normalized spacial score (nSPS) is 11.6. The highest BCUT2D eigenvalue weighted by molar-refractivity contribution is 5.81. The van der Waals surface area contributed by atoms with Crippen LogP contribution in [0.1, 0.15) is 39.5 Å². The minimum Gasteiger partial charge on any atom is -0.462 e. The molecule has 0 spiro atoms. The van der Waals surface area contributed by atoms with Crippen LogP contribution in [0.5, 0.6) is 0 Å². The molecule has 7 nitrogen and oxygen atoms in total. The highest BCUT2D eigenvalue weighted by Gasteiger charge is 2.18. The molecule has 120 valence electrons. The maximum atomic E-state index is 11.7. The monoisotopic (exact) mass is 301 g/mol. The molecule has 1 unspecified atom stereocenters. The average Bonchev–Trinajstić information content (AvgIpc) is 2.41. The lowest BCUT2D eigenvalue weighted by atomic mass is 10.1. The molecule has 0 heterocycles. The predicted octanol–water partition coefficient (Wildman–Crippen LogP) is 0.399. The van der Waals surface area contributed by atoms with Crippen LogP contribution in [0.3, 0.4) is 0 Å². The summed E-state index contributed by atoms with van der Waals surface area (Å²) in [6.07, 6.45) is 0.830. The first-order valence-corrected chi connectivity index (χ1v) is 6.85. The van der Waals surface area contributed by atoms with Gasteiger partial charge in [-0.05, 0) is 27.3 Å². The number of rotatable bonds is 11. The van der Waals surface area contributed by atoms with Crippen LogP contribution in [0.2, 0.25) is 0 Å². The van der Waals surface area contributed by atoms with Crippen molar-refractivity contribution in [1.82, 2.24) is 5.32 Å². The van der Waals surface area contributed by atoms with E-state index in [4.69, 9.17) is 9.47 Å². The fraction of sp³-hybridized carbons (Fsp3) is 0.714.